The molecular formula is C18H16ClN5OS. The molecule has 2 aromatic carbocycles. The van der Waals surface area contributed by atoms with E-state index < -0.39 is 0 Å². The van der Waals surface area contributed by atoms with E-state index in [4.69, 9.17) is 11.6 Å². The van der Waals surface area contributed by atoms with Crippen molar-refractivity contribution in [3.05, 3.63) is 53.6 Å². The number of halogens is 1. The number of hydrogen-bond acceptors (Lipinski definition) is 5. The van der Waals surface area contributed by atoms with E-state index in [2.05, 4.69) is 25.0 Å². The lowest BCUT2D eigenvalue weighted by Gasteiger charge is -2.29. The minimum atomic E-state index is -0.0772. The van der Waals surface area contributed by atoms with E-state index >= 15 is 0 Å². The Morgan fingerprint density at radius 1 is 1.19 bits per heavy atom. The summed E-state index contributed by atoms with van der Waals surface area (Å²) in [6.07, 6.45) is 0. The number of amides is 1. The molecular weight excluding hydrogens is 370 g/mol. The van der Waals surface area contributed by atoms with Gasteiger partial charge < -0.3 is 10.2 Å². The molecule has 0 fully saturated rings. The van der Waals surface area contributed by atoms with Crippen molar-refractivity contribution < 1.29 is 4.79 Å². The zero-order valence-corrected chi connectivity index (χ0v) is 15.6. The average Bonchev–Trinajstić information content (AvgIpc) is 3.05. The summed E-state index contributed by atoms with van der Waals surface area (Å²) in [6.45, 7) is 2.15. The smallest absolute Gasteiger partial charge is 0.221 e. The molecule has 1 amide bonds. The van der Waals surface area contributed by atoms with Crippen LogP contribution in [-0.4, -0.2) is 26.5 Å². The summed E-state index contributed by atoms with van der Waals surface area (Å²) in [5.74, 6) is 1.51. The van der Waals surface area contributed by atoms with E-state index in [9.17, 15) is 4.79 Å². The lowest BCUT2D eigenvalue weighted by atomic mass is 10.2. The number of anilines is 2. The van der Waals surface area contributed by atoms with Crippen LogP contribution in [0.1, 0.15) is 6.92 Å². The molecule has 0 saturated heterocycles. The van der Waals surface area contributed by atoms with E-state index in [1.165, 1.54) is 6.92 Å². The van der Waals surface area contributed by atoms with Crippen molar-refractivity contribution in [2.45, 2.75) is 18.7 Å². The first kappa shape index (κ1) is 16.9. The zero-order valence-electron chi connectivity index (χ0n) is 14.0. The molecule has 0 atom stereocenters. The molecule has 1 N–H and O–H groups in total. The van der Waals surface area contributed by atoms with Gasteiger partial charge in [0.1, 0.15) is 0 Å². The Labute approximate surface area is 160 Å². The van der Waals surface area contributed by atoms with Crippen LogP contribution in [0.2, 0.25) is 5.02 Å². The summed E-state index contributed by atoms with van der Waals surface area (Å²) in [5, 5.41) is 13.0. The van der Waals surface area contributed by atoms with Gasteiger partial charge in [-0.25, -0.2) is 0 Å². The molecule has 132 valence electrons. The number of carbonyl (C=O) groups excluding carboxylic acids is 1. The number of nitrogens with zero attached hydrogens (tertiary/aromatic N) is 4. The van der Waals surface area contributed by atoms with Gasteiger partial charge in [-0.15, -0.1) is 10.2 Å². The van der Waals surface area contributed by atoms with Crippen molar-refractivity contribution in [1.29, 1.82) is 0 Å². The van der Waals surface area contributed by atoms with Gasteiger partial charge in [-0.1, -0.05) is 35.5 Å². The van der Waals surface area contributed by atoms with Crippen molar-refractivity contribution in [2.24, 2.45) is 0 Å². The van der Waals surface area contributed by atoms with Crippen LogP contribution in [0.15, 0.2) is 53.7 Å². The van der Waals surface area contributed by atoms with Crippen LogP contribution in [0.3, 0.4) is 0 Å². The predicted octanol–water partition coefficient (Wildman–Crippen LogP) is 4.08. The molecule has 0 spiro atoms. The number of aromatic nitrogens is 3. The highest BCUT2D eigenvalue weighted by atomic mass is 35.5. The van der Waals surface area contributed by atoms with Gasteiger partial charge in [0.05, 0.1) is 12.5 Å². The number of nitrogens with one attached hydrogen (secondary N) is 1. The van der Waals surface area contributed by atoms with E-state index in [-0.39, 0.29) is 5.91 Å². The van der Waals surface area contributed by atoms with E-state index in [0.29, 0.717) is 11.7 Å². The highest BCUT2D eigenvalue weighted by molar-refractivity contribution is 7.99. The molecule has 0 bridgehead atoms. The van der Waals surface area contributed by atoms with Crippen LogP contribution in [-0.2, 0) is 11.5 Å². The SMILES string of the molecule is CC(=O)Nc1ccc(N2CSc3nnc(-c4cccc(Cl)c4)n3C2)cc1. The molecule has 0 saturated carbocycles. The van der Waals surface area contributed by atoms with Gasteiger partial charge in [-0.3, -0.25) is 9.36 Å². The van der Waals surface area contributed by atoms with Crippen LogP contribution in [0.4, 0.5) is 11.4 Å². The van der Waals surface area contributed by atoms with Crippen molar-refractivity contribution in [2.75, 3.05) is 16.1 Å². The maximum Gasteiger partial charge on any atom is 0.221 e. The Morgan fingerprint density at radius 2 is 2.00 bits per heavy atom. The number of fused-ring (bicyclic) bond motifs is 1. The average molecular weight is 386 g/mol. The minimum absolute atomic E-state index is 0.0772. The normalized spacial score (nSPS) is 13.4. The van der Waals surface area contributed by atoms with Gasteiger partial charge in [-0.2, -0.15) is 0 Å². The fourth-order valence-corrected chi connectivity index (χ4v) is 3.92. The summed E-state index contributed by atoms with van der Waals surface area (Å²) in [6, 6.07) is 15.4. The molecule has 1 aliphatic rings. The maximum absolute atomic E-state index is 11.2. The molecule has 1 aliphatic heterocycles. The summed E-state index contributed by atoms with van der Waals surface area (Å²) >= 11 is 7.76. The number of rotatable bonds is 3. The topological polar surface area (TPSA) is 63.1 Å². The zero-order chi connectivity index (χ0) is 18.1. The quantitative estimate of drug-likeness (QED) is 0.735. The second-order valence-electron chi connectivity index (χ2n) is 5.93. The summed E-state index contributed by atoms with van der Waals surface area (Å²) < 4.78 is 2.08. The Balaban J connectivity index is 1.59. The minimum Gasteiger partial charge on any atom is -0.344 e. The molecule has 8 heteroatoms. The van der Waals surface area contributed by atoms with Crippen molar-refractivity contribution in [1.82, 2.24) is 14.8 Å². The lowest BCUT2D eigenvalue weighted by Crippen LogP contribution is -2.30. The first-order chi connectivity index (χ1) is 12.6. The highest BCUT2D eigenvalue weighted by Crippen LogP contribution is 2.32. The van der Waals surface area contributed by atoms with Gasteiger partial charge in [-0.05, 0) is 36.4 Å². The highest BCUT2D eigenvalue weighted by Gasteiger charge is 2.22. The van der Waals surface area contributed by atoms with Gasteiger partial charge in [0.2, 0.25) is 5.91 Å². The fourth-order valence-electron chi connectivity index (χ4n) is 2.83. The summed E-state index contributed by atoms with van der Waals surface area (Å²) in [7, 11) is 0. The standard InChI is InChI=1S/C18H16ClN5OS/c1-12(25)20-15-5-7-16(8-6-15)23-10-24-17(21-22-18(24)26-11-23)13-3-2-4-14(19)9-13/h2-9H,10-11H2,1H3,(H,20,25). The van der Waals surface area contributed by atoms with Crippen LogP contribution in [0.5, 0.6) is 0 Å². The Bertz CT molecular complexity index is 956. The second-order valence-corrected chi connectivity index (χ2v) is 7.28. The molecule has 3 aromatic rings. The first-order valence-electron chi connectivity index (χ1n) is 8.05. The summed E-state index contributed by atoms with van der Waals surface area (Å²) in [5.41, 5.74) is 2.80. The van der Waals surface area contributed by atoms with Gasteiger partial charge in [0, 0.05) is 28.9 Å². The van der Waals surface area contributed by atoms with E-state index in [1.807, 2.05) is 48.5 Å². The lowest BCUT2D eigenvalue weighted by molar-refractivity contribution is -0.114. The molecule has 6 nitrogen and oxygen atoms in total. The van der Waals surface area contributed by atoms with Gasteiger partial charge in [0.15, 0.2) is 11.0 Å². The van der Waals surface area contributed by atoms with Gasteiger partial charge >= 0.3 is 0 Å². The molecule has 4 rings (SSSR count). The molecule has 2 heterocycles. The van der Waals surface area contributed by atoms with Gasteiger partial charge in [0.25, 0.3) is 0 Å². The van der Waals surface area contributed by atoms with Crippen LogP contribution in [0, 0.1) is 0 Å². The Hall–Kier alpha value is -2.51. The Kier molecular flexibility index (Phi) is 4.57. The maximum atomic E-state index is 11.2. The van der Waals surface area contributed by atoms with E-state index in [0.717, 1.165) is 33.8 Å². The molecule has 0 unspecified atom stereocenters. The second kappa shape index (κ2) is 7.01. The predicted molar refractivity (Wildman–Crippen MR) is 104 cm³/mol. The van der Waals surface area contributed by atoms with Crippen LogP contribution in [0.25, 0.3) is 11.4 Å². The molecule has 26 heavy (non-hydrogen) atoms. The first-order valence-corrected chi connectivity index (χ1v) is 9.41. The molecule has 0 radical (unpaired) electrons. The molecule has 1 aromatic heterocycles. The number of hydrogen-bond donors (Lipinski definition) is 1. The summed E-state index contributed by atoms with van der Waals surface area (Å²) in [4.78, 5) is 13.4. The van der Waals surface area contributed by atoms with Crippen molar-refractivity contribution in [3.8, 4) is 11.4 Å². The van der Waals surface area contributed by atoms with Crippen LogP contribution >= 0.6 is 23.4 Å². The monoisotopic (exact) mass is 385 g/mol. The third-order valence-corrected chi connectivity index (χ3v) is 5.25. The van der Waals surface area contributed by atoms with Crippen LogP contribution < -0.4 is 10.2 Å². The number of thioether (sulfide) groups is 1. The van der Waals surface area contributed by atoms with E-state index in [1.54, 1.807) is 11.8 Å². The third-order valence-electron chi connectivity index (χ3n) is 4.01. The number of benzene rings is 2. The van der Waals surface area contributed by atoms with Crippen molar-refractivity contribution >= 4 is 40.6 Å². The largest absolute Gasteiger partial charge is 0.344 e. The molecule has 0 aliphatic carbocycles. The number of carbonyl (C=O) groups is 1. The van der Waals surface area contributed by atoms with Crippen molar-refractivity contribution in [3.63, 3.8) is 0 Å². The Morgan fingerprint density at radius 3 is 2.73 bits per heavy atom. The third kappa shape index (κ3) is 3.40. The fraction of sp³-hybridized carbons (Fsp3) is 0.167.